The maximum atomic E-state index is 5.87. The minimum absolute atomic E-state index is 0.0982. The highest BCUT2D eigenvalue weighted by Crippen LogP contribution is 2.21. The van der Waals surface area contributed by atoms with E-state index in [4.69, 9.17) is 22.1 Å². The van der Waals surface area contributed by atoms with Gasteiger partial charge in [-0.2, -0.15) is 0 Å². The molecule has 0 fully saturated rings. The highest BCUT2D eigenvalue weighted by atomic mass is 35.5. The predicted molar refractivity (Wildman–Crippen MR) is 72.6 cm³/mol. The second kappa shape index (κ2) is 5.85. The van der Waals surface area contributed by atoms with Gasteiger partial charge in [0, 0.05) is 22.8 Å². The maximum absolute atomic E-state index is 5.87. The molecular weight excluding hydrogens is 248 g/mol. The van der Waals surface area contributed by atoms with Gasteiger partial charge in [0.25, 0.3) is 0 Å². The van der Waals surface area contributed by atoms with Crippen LogP contribution in [0.4, 0.5) is 0 Å². The number of benzene rings is 1. The normalized spacial score (nSPS) is 12.2. The molecular formula is C14H15ClN2O. The Bertz CT molecular complexity index is 511. The van der Waals surface area contributed by atoms with Gasteiger partial charge < -0.3 is 10.5 Å². The Kier molecular flexibility index (Phi) is 4.18. The Balaban J connectivity index is 2.08. The van der Waals surface area contributed by atoms with Crippen LogP contribution in [0.15, 0.2) is 42.6 Å². The summed E-state index contributed by atoms with van der Waals surface area (Å²) in [4.78, 5) is 4.20. The summed E-state index contributed by atoms with van der Waals surface area (Å²) >= 11 is 5.83. The van der Waals surface area contributed by atoms with E-state index in [9.17, 15) is 0 Å². The van der Waals surface area contributed by atoms with Crippen molar-refractivity contribution in [3.8, 4) is 5.88 Å². The summed E-state index contributed by atoms with van der Waals surface area (Å²) in [5.74, 6) is 0.586. The molecule has 3 nitrogen and oxygen atoms in total. The van der Waals surface area contributed by atoms with Crippen LogP contribution in [0.1, 0.15) is 24.1 Å². The van der Waals surface area contributed by atoms with Gasteiger partial charge in [0.05, 0.1) is 0 Å². The molecule has 0 aliphatic carbocycles. The van der Waals surface area contributed by atoms with Crippen LogP contribution in [-0.2, 0) is 6.61 Å². The Labute approximate surface area is 112 Å². The second-order valence-electron chi connectivity index (χ2n) is 4.10. The van der Waals surface area contributed by atoms with Crippen LogP contribution in [-0.4, -0.2) is 4.98 Å². The topological polar surface area (TPSA) is 48.1 Å². The molecule has 1 aromatic heterocycles. The number of hydrogen-bond acceptors (Lipinski definition) is 3. The van der Waals surface area contributed by atoms with Gasteiger partial charge in [-0.1, -0.05) is 29.8 Å². The molecule has 94 valence electrons. The van der Waals surface area contributed by atoms with E-state index < -0.39 is 0 Å². The molecule has 18 heavy (non-hydrogen) atoms. The first-order chi connectivity index (χ1) is 8.66. The summed E-state index contributed by atoms with van der Waals surface area (Å²) < 4.78 is 5.69. The zero-order chi connectivity index (χ0) is 13.0. The van der Waals surface area contributed by atoms with E-state index in [0.717, 1.165) is 11.1 Å². The van der Waals surface area contributed by atoms with Crippen LogP contribution < -0.4 is 10.5 Å². The lowest BCUT2D eigenvalue weighted by atomic mass is 10.1. The quantitative estimate of drug-likeness (QED) is 0.919. The lowest BCUT2D eigenvalue weighted by Crippen LogP contribution is -2.09. The van der Waals surface area contributed by atoms with Crippen molar-refractivity contribution < 1.29 is 4.74 Å². The van der Waals surface area contributed by atoms with E-state index in [0.29, 0.717) is 17.5 Å². The third kappa shape index (κ3) is 3.22. The van der Waals surface area contributed by atoms with Crippen LogP contribution in [0.5, 0.6) is 5.88 Å². The van der Waals surface area contributed by atoms with E-state index in [2.05, 4.69) is 4.98 Å². The summed E-state index contributed by atoms with van der Waals surface area (Å²) in [5.41, 5.74) is 7.82. The smallest absolute Gasteiger partial charge is 0.218 e. The molecule has 0 saturated carbocycles. The average Bonchev–Trinajstić information content (AvgIpc) is 2.38. The van der Waals surface area contributed by atoms with Gasteiger partial charge in [-0.25, -0.2) is 4.98 Å². The summed E-state index contributed by atoms with van der Waals surface area (Å²) in [5, 5.41) is 0.716. The Morgan fingerprint density at radius 1 is 1.28 bits per heavy atom. The molecule has 1 atom stereocenters. The third-order valence-corrected chi connectivity index (χ3v) is 2.83. The van der Waals surface area contributed by atoms with Crippen molar-refractivity contribution in [1.29, 1.82) is 0 Å². The minimum Gasteiger partial charge on any atom is -0.473 e. The van der Waals surface area contributed by atoms with Crippen LogP contribution >= 0.6 is 11.6 Å². The largest absolute Gasteiger partial charge is 0.473 e. The van der Waals surface area contributed by atoms with E-state index in [1.54, 1.807) is 6.20 Å². The summed E-state index contributed by atoms with van der Waals surface area (Å²) in [6.45, 7) is 2.36. The number of hydrogen-bond donors (Lipinski definition) is 1. The molecule has 0 radical (unpaired) electrons. The van der Waals surface area contributed by atoms with E-state index >= 15 is 0 Å². The van der Waals surface area contributed by atoms with Crippen LogP contribution in [0, 0.1) is 0 Å². The highest BCUT2D eigenvalue weighted by molar-refractivity contribution is 6.30. The molecule has 1 aromatic carbocycles. The fourth-order valence-corrected chi connectivity index (χ4v) is 1.73. The molecule has 2 rings (SSSR count). The van der Waals surface area contributed by atoms with Crippen LogP contribution in [0.2, 0.25) is 5.02 Å². The fraction of sp³-hybridized carbons (Fsp3) is 0.214. The molecule has 0 unspecified atom stereocenters. The van der Waals surface area contributed by atoms with E-state index in [1.165, 1.54) is 0 Å². The Morgan fingerprint density at radius 3 is 2.67 bits per heavy atom. The monoisotopic (exact) mass is 262 g/mol. The molecule has 0 spiro atoms. The molecule has 0 saturated heterocycles. The maximum Gasteiger partial charge on any atom is 0.218 e. The van der Waals surface area contributed by atoms with Crippen molar-refractivity contribution in [2.24, 2.45) is 5.73 Å². The number of ether oxygens (including phenoxy) is 1. The van der Waals surface area contributed by atoms with Gasteiger partial charge >= 0.3 is 0 Å². The number of nitrogens with two attached hydrogens (primary N) is 1. The predicted octanol–water partition coefficient (Wildman–Crippen LogP) is 3.33. The second-order valence-corrected chi connectivity index (χ2v) is 4.54. The first kappa shape index (κ1) is 12.9. The molecule has 2 N–H and O–H groups in total. The highest BCUT2D eigenvalue weighted by Gasteiger charge is 2.08. The number of aromatic nitrogens is 1. The summed E-state index contributed by atoms with van der Waals surface area (Å²) in [6.07, 6.45) is 1.70. The number of nitrogens with zero attached hydrogens (tertiary/aromatic N) is 1. The SMILES string of the molecule is C[C@@H](N)c1cccnc1OCc1ccc(Cl)cc1. The zero-order valence-electron chi connectivity index (χ0n) is 10.1. The lowest BCUT2D eigenvalue weighted by Gasteiger charge is -2.12. The van der Waals surface area contributed by atoms with Crippen LogP contribution in [0.3, 0.4) is 0 Å². The van der Waals surface area contributed by atoms with Gasteiger partial charge in [0.1, 0.15) is 6.61 Å². The average molecular weight is 263 g/mol. The van der Waals surface area contributed by atoms with Crippen molar-refractivity contribution in [2.75, 3.05) is 0 Å². The molecule has 0 bridgehead atoms. The Hall–Kier alpha value is -1.58. The number of pyridine rings is 1. The van der Waals surface area contributed by atoms with Crippen molar-refractivity contribution in [3.05, 3.63) is 58.7 Å². The lowest BCUT2D eigenvalue weighted by molar-refractivity contribution is 0.289. The fourth-order valence-electron chi connectivity index (χ4n) is 1.60. The third-order valence-electron chi connectivity index (χ3n) is 2.58. The summed E-state index contributed by atoms with van der Waals surface area (Å²) in [7, 11) is 0. The molecule has 2 aromatic rings. The standard InChI is InChI=1S/C14H15ClN2O/c1-10(16)13-3-2-8-17-14(13)18-9-11-4-6-12(15)7-5-11/h2-8,10H,9,16H2,1H3/t10-/m1/s1. The van der Waals surface area contributed by atoms with Gasteiger partial charge in [-0.3, -0.25) is 0 Å². The Morgan fingerprint density at radius 2 is 2.00 bits per heavy atom. The van der Waals surface area contributed by atoms with Crippen molar-refractivity contribution in [2.45, 2.75) is 19.6 Å². The first-order valence-electron chi connectivity index (χ1n) is 5.74. The van der Waals surface area contributed by atoms with Gasteiger partial charge in [0.2, 0.25) is 5.88 Å². The molecule has 1 heterocycles. The van der Waals surface area contributed by atoms with Crippen LogP contribution in [0.25, 0.3) is 0 Å². The van der Waals surface area contributed by atoms with Gasteiger partial charge in [-0.15, -0.1) is 0 Å². The molecule has 4 heteroatoms. The first-order valence-corrected chi connectivity index (χ1v) is 6.12. The van der Waals surface area contributed by atoms with E-state index in [-0.39, 0.29) is 6.04 Å². The van der Waals surface area contributed by atoms with Gasteiger partial charge in [0.15, 0.2) is 0 Å². The summed E-state index contributed by atoms with van der Waals surface area (Å²) in [6, 6.07) is 11.2. The number of halogens is 1. The molecule has 0 aliphatic heterocycles. The van der Waals surface area contributed by atoms with E-state index in [1.807, 2.05) is 43.3 Å². The van der Waals surface area contributed by atoms with Crippen molar-refractivity contribution in [1.82, 2.24) is 4.98 Å². The minimum atomic E-state index is -0.0982. The van der Waals surface area contributed by atoms with Crippen molar-refractivity contribution >= 4 is 11.6 Å². The zero-order valence-corrected chi connectivity index (χ0v) is 10.9. The number of rotatable bonds is 4. The molecule has 0 aliphatic rings. The molecule has 0 amide bonds. The van der Waals surface area contributed by atoms with Gasteiger partial charge in [-0.05, 0) is 30.7 Å². The van der Waals surface area contributed by atoms with Crippen molar-refractivity contribution in [3.63, 3.8) is 0 Å².